The van der Waals surface area contributed by atoms with Crippen LogP contribution in [0.25, 0.3) is 0 Å². The Hall–Kier alpha value is -3.59. The van der Waals surface area contributed by atoms with Gasteiger partial charge < -0.3 is 16.0 Å². The predicted molar refractivity (Wildman–Crippen MR) is 108 cm³/mol. The largest absolute Gasteiger partial charge is 0.348 e. The molecule has 1 fully saturated rings. The molecule has 9 heteroatoms. The second kappa shape index (κ2) is 8.27. The number of halogens is 1. The van der Waals surface area contributed by atoms with Crippen LogP contribution in [0.1, 0.15) is 50.2 Å². The van der Waals surface area contributed by atoms with Crippen LogP contribution in [0.3, 0.4) is 0 Å². The van der Waals surface area contributed by atoms with Crippen LogP contribution < -0.4 is 16.4 Å². The van der Waals surface area contributed by atoms with Crippen LogP contribution in [0.15, 0.2) is 36.4 Å². The molecule has 0 radical (unpaired) electrons. The van der Waals surface area contributed by atoms with Gasteiger partial charge in [0.1, 0.15) is 11.9 Å². The van der Waals surface area contributed by atoms with Crippen molar-refractivity contribution < 1.29 is 23.6 Å². The van der Waals surface area contributed by atoms with Gasteiger partial charge in [-0.1, -0.05) is 12.1 Å². The highest BCUT2D eigenvalue weighted by molar-refractivity contribution is 6.06. The number of nitrogens with two attached hydrogens (primary N) is 1. The zero-order chi connectivity index (χ0) is 22.1. The fourth-order valence-corrected chi connectivity index (χ4v) is 3.85. The summed E-state index contributed by atoms with van der Waals surface area (Å²) in [4.78, 5) is 50.2. The molecule has 1 unspecified atom stereocenters. The zero-order valence-electron chi connectivity index (χ0n) is 16.6. The van der Waals surface area contributed by atoms with Gasteiger partial charge in [-0.05, 0) is 41.8 Å². The summed E-state index contributed by atoms with van der Waals surface area (Å²) in [7, 11) is 0. The molecule has 0 saturated carbocycles. The van der Waals surface area contributed by atoms with Crippen LogP contribution in [0.4, 0.5) is 4.39 Å². The number of imide groups is 1. The van der Waals surface area contributed by atoms with E-state index >= 15 is 0 Å². The molecule has 2 aliphatic rings. The Morgan fingerprint density at radius 2 is 2.00 bits per heavy atom. The Kier molecular flexibility index (Phi) is 5.51. The van der Waals surface area contributed by atoms with Crippen LogP contribution in [0.2, 0.25) is 0 Å². The van der Waals surface area contributed by atoms with Crippen molar-refractivity contribution in [1.29, 1.82) is 0 Å². The summed E-state index contributed by atoms with van der Waals surface area (Å²) in [5.41, 5.74) is 7.87. The molecular weight excluding hydrogens is 403 g/mol. The third-order valence-corrected chi connectivity index (χ3v) is 5.58. The molecule has 4 amide bonds. The van der Waals surface area contributed by atoms with Gasteiger partial charge in [-0.15, -0.1) is 0 Å². The van der Waals surface area contributed by atoms with Crippen molar-refractivity contribution in [3.8, 4) is 0 Å². The van der Waals surface area contributed by atoms with E-state index in [0.29, 0.717) is 27.8 Å². The molecule has 0 spiro atoms. The maximum Gasteiger partial charge on any atom is 0.255 e. The first-order chi connectivity index (χ1) is 14.9. The molecule has 0 aromatic heterocycles. The van der Waals surface area contributed by atoms with Crippen LogP contribution in [-0.4, -0.2) is 34.6 Å². The van der Waals surface area contributed by atoms with E-state index in [4.69, 9.17) is 5.73 Å². The summed E-state index contributed by atoms with van der Waals surface area (Å²) < 4.78 is 14.1. The molecule has 4 rings (SSSR count). The number of piperidine rings is 1. The molecule has 4 N–H and O–H groups in total. The normalized spacial score (nSPS) is 18.1. The van der Waals surface area contributed by atoms with Gasteiger partial charge in [0.2, 0.25) is 11.8 Å². The van der Waals surface area contributed by atoms with Crippen molar-refractivity contribution >= 4 is 23.6 Å². The van der Waals surface area contributed by atoms with E-state index in [2.05, 4.69) is 10.6 Å². The molecule has 0 aliphatic carbocycles. The zero-order valence-corrected chi connectivity index (χ0v) is 16.6. The van der Waals surface area contributed by atoms with Gasteiger partial charge in [0.25, 0.3) is 11.8 Å². The molecule has 1 atom stereocenters. The molecule has 8 nitrogen and oxygen atoms in total. The van der Waals surface area contributed by atoms with Gasteiger partial charge in [0.05, 0.1) is 0 Å². The highest BCUT2D eigenvalue weighted by atomic mass is 19.1. The standard InChI is InChI=1S/C22H21FN4O4/c23-17-7-12(9-24)1-2-14(17)10-25-20(29)13-3-4-16-15(8-13)11-27(22(16)31)18-5-6-19(28)26-21(18)30/h1-4,7-8,18H,5-6,9-11,24H2,(H,25,29)(H,26,28,30). The highest BCUT2D eigenvalue weighted by Gasteiger charge is 2.39. The van der Waals surface area contributed by atoms with E-state index < -0.39 is 23.7 Å². The predicted octanol–water partition coefficient (Wildman–Crippen LogP) is 0.975. The average molecular weight is 424 g/mol. The van der Waals surface area contributed by atoms with Crippen molar-refractivity contribution in [2.75, 3.05) is 0 Å². The Labute approximate surface area is 177 Å². The highest BCUT2D eigenvalue weighted by Crippen LogP contribution is 2.28. The monoisotopic (exact) mass is 424 g/mol. The molecule has 160 valence electrons. The summed E-state index contributed by atoms with van der Waals surface area (Å²) >= 11 is 0. The number of hydrogen-bond acceptors (Lipinski definition) is 5. The Balaban J connectivity index is 1.45. The number of rotatable bonds is 5. The quantitative estimate of drug-likeness (QED) is 0.618. The second-order valence-electron chi connectivity index (χ2n) is 7.58. The molecule has 1 saturated heterocycles. The van der Waals surface area contributed by atoms with Crippen molar-refractivity contribution in [3.63, 3.8) is 0 Å². The molecule has 31 heavy (non-hydrogen) atoms. The lowest BCUT2D eigenvalue weighted by atomic mass is 10.0. The van der Waals surface area contributed by atoms with Gasteiger partial charge in [0.15, 0.2) is 0 Å². The van der Waals surface area contributed by atoms with Crippen LogP contribution >= 0.6 is 0 Å². The van der Waals surface area contributed by atoms with Crippen molar-refractivity contribution in [2.45, 2.75) is 38.5 Å². The fourth-order valence-electron chi connectivity index (χ4n) is 3.85. The van der Waals surface area contributed by atoms with E-state index in [0.717, 1.165) is 0 Å². The third kappa shape index (κ3) is 4.04. The third-order valence-electron chi connectivity index (χ3n) is 5.58. The lowest BCUT2D eigenvalue weighted by molar-refractivity contribution is -0.136. The summed E-state index contributed by atoms with van der Waals surface area (Å²) in [6, 6.07) is 8.58. The first-order valence-corrected chi connectivity index (χ1v) is 9.90. The van der Waals surface area contributed by atoms with E-state index in [1.807, 2.05) is 0 Å². The molecule has 2 heterocycles. The van der Waals surface area contributed by atoms with Gasteiger partial charge in [0, 0.05) is 42.7 Å². The number of nitrogens with zero attached hydrogens (tertiary/aromatic N) is 1. The first-order valence-electron chi connectivity index (χ1n) is 9.90. The van der Waals surface area contributed by atoms with Crippen LogP contribution in [0, 0.1) is 5.82 Å². The van der Waals surface area contributed by atoms with Crippen molar-refractivity contribution in [1.82, 2.24) is 15.5 Å². The second-order valence-corrected chi connectivity index (χ2v) is 7.58. The Morgan fingerprint density at radius 3 is 2.71 bits per heavy atom. The maximum absolute atomic E-state index is 14.1. The maximum atomic E-state index is 14.1. The number of fused-ring (bicyclic) bond motifs is 1. The topological polar surface area (TPSA) is 122 Å². The van der Waals surface area contributed by atoms with E-state index in [1.54, 1.807) is 24.3 Å². The number of carbonyl (C=O) groups excluding carboxylic acids is 4. The number of nitrogens with one attached hydrogen (secondary N) is 2. The smallest absolute Gasteiger partial charge is 0.255 e. The lowest BCUT2D eigenvalue weighted by Crippen LogP contribution is -2.52. The van der Waals surface area contributed by atoms with Gasteiger partial charge in [-0.3, -0.25) is 24.5 Å². The van der Waals surface area contributed by atoms with E-state index in [9.17, 15) is 23.6 Å². The first kappa shape index (κ1) is 20.7. The Morgan fingerprint density at radius 1 is 1.19 bits per heavy atom. The average Bonchev–Trinajstić information content (AvgIpc) is 3.08. The van der Waals surface area contributed by atoms with Gasteiger partial charge >= 0.3 is 0 Å². The van der Waals surface area contributed by atoms with Crippen molar-refractivity contribution in [3.05, 3.63) is 70.0 Å². The van der Waals surface area contributed by atoms with Crippen LogP contribution in [0.5, 0.6) is 0 Å². The van der Waals surface area contributed by atoms with E-state index in [1.165, 1.54) is 17.0 Å². The lowest BCUT2D eigenvalue weighted by Gasteiger charge is -2.29. The Bertz CT molecular complexity index is 1100. The summed E-state index contributed by atoms with van der Waals surface area (Å²) in [5, 5.41) is 4.93. The summed E-state index contributed by atoms with van der Waals surface area (Å²) in [6.45, 7) is 0.415. The molecule has 0 bridgehead atoms. The van der Waals surface area contributed by atoms with Gasteiger partial charge in [-0.2, -0.15) is 0 Å². The minimum Gasteiger partial charge on any atom is -0.348 e. The van der Waals surface area contributed by atoms with Gasteiger partial charge in [-0.25, -0.2) is 4.39 Å². The van der Waals surface area contributed by atoms with E-state index in [-0.39, 0.29) is 44.3 Å². The minimum atomic E-state index is -0.714. The van der Waals surface area contributed by atoms with Crippen LogP contribution in [-0.2, 0) is 29.2 Å². The molecular formula is C22H21FN4O4. The number of benzene rings is 2. The fraction of sp³-hybridized carbons (Fsp3) is 0.273. The molecule has 2 aromatic rings. The summed E-state index contributed by atoms with van der Waals surface area (Å²) in [5.74, 6) is -1.99. The van der Waals surface area contributed by atoms with Crippen molar-refractivity contribution in [2.24, 2.45) is 5.73 Å². The molecule has 2 aliphatic heterocycles. The number of hydrogen-bond donors (Lipinski definition) is 3. The SMILES string of the molecule is NCc1ccc(CNC(=O)c2ccc3c(c2)CN(C2CCC(=O)NC2=O)C3=O)c(F)c1. The summed E-state index contributed by atoms with van der Waals surface area (Å²) in [6.07, 6.45) is 0.444. The minimum absolute atomic E-state index is 0.00787. The molecule has 2 aromatic carbocycles. The number of carbonyl (C=O) groups is 4. The number of amides is 4.